The number of para-hydroxylation sites is 1. The van der Waals surface area contributed by atoms with Gasteiger partial charge in [-0.2, -0.15) is 0 Å². The maximum atomic E-state index is 6.18. The Bertz CT molecular complexity index is 1710. The van der Waals surface area contributed by atoms with Crippen molar-refractivity contribution in [3.05, 3.63) is 136 Å². The fraction of sp³-hybridized carbons (Fsp3) is 0.0625. The van der Waals surface area contributed by atoms with Gasteiger partial charge in [-0.3, -0.25) is 4.98 Å². The first-order valence-corrected chi connectivity index (χ1v) is 12.5. The largest absolute Gasteiger partial charge is 0.487 e. The van der Waals surface area contributed by atoms with Crippen LogP contribution in [0.4, 0.5) is 0 Å². The van der Waals surface area contributed by atoms with Gasteiger partial charge in [-0.05, 0) is 59.7 Å². The Balaban J connectivity index is 1.32. The number of nitrogens with one attached hydrogen (secondary N) is 1. The van der Waals surface area contributed by atoms with Gasteiger partial charge in [0, 0.05) is 51.4 Å². The van der Waals surface area contributed by atoms with Gasteiger partial charge in [0.25, 0.3) is 0 Å². The fourth-order valence-corrected chi connectivity index (χ4v) is 4.60. The van der Waals surface area contributed by atoms with Crippen LogP contribution in [-0.2, 0) is 13.0 Å². The number of aromatic amines is 1. The number of rotatable bonds is 7. The Kier molecular flexibility index (Phi) is 6.40. The Hall–Kier alpha value is -4.41. The van der Waals surface area contributed by atoms with Crippen molar-refractivity contribution in [2.24, 2.45) is 0 Å². The molecule has 0 aliphatic carbocycles. The molecule has 0 spiro atoms. The summed E-state index contributed by atoms with van der Waals surface area (Å²) >= 11 is 6.10. The molecule has 3 aromatic carbocycles. The predicted molar refractivity (Wildman–Crippen MR) is 152 cm³/mol. The molecule has 0 bridgehead atoms. The highest BCUT2D eigenvalue weighted by Crippen LogP contribution is 2.30. The van der Waals surface area contributed by atoms with Crippen molar-refractivity contribution in [1.82, 2.24) is 15.0 Å². The zero-order chi connectivity index (χ0) is 25.0. The van der Waals surface area contributed by atoms with Crippen LogP contribution in [0, 0.1) is 0 Å². The fourth-order valence-electron chi connectivity index (χ4n) is 4.47. The van der Waals surface area contributed by atoms with Crippen LogP contribution < -0.4 is 4.74 Å². The average molecular weight is 502 g/mol. The summed E-state index contributed by atoms with van der Waals surface area (Å²) < 4.78 is 6.18. The average Bonchev–Trinajstić information content (AvgIpc) is 3.28. The molecule has 1 N–H and O–H groups in total. The molecule has 0 saturated carbocycles. The van der Waals surface area contributed by atoms with E-state index in [1.165, 1.54) is 5.56 Å². The molecule has 0 fully saturated rings. The van der Waals surface area contributed by atoms with Crippen LogP contribution in [0.3, 0.4) is 0 Å². The summed E-state index contributed by atoms with van der Waals surface area (Å²) in [6.45, 7) is 0.402. The zero-order valence-corrected chi connectivity index (χ0v) is 20.8. The third kappa shape index (κ3) is 5.25. The first-order valence-electron chi connectivity index (χ1n) is 12.2. The molecule has 3 aromatic heterocycles. The third-order valence-electron chi connectivity index (χ3n) is 6.36. The van der Waals surface area contributed by atoms with Gasteiger partial charge in [-0.15, -0.1) is 0 Å². The second-order valence-electron chi connectivity index (χ2n) is 8.93. The van der Waals surface area contributed by atoms with Crippen molar-refractivity contribution >= 4 is 45.6 Å². The molecule has 3 heterocycles. The number of nitrogens with zero attached hydrogens (tertiary/aromatic N) is 2. The van der Waals surface area contributed by atoms with Crippen molar-refractivity contribution in [1.29, 1.82) is 0 Å². The molecule has 0 amide bonds. The number of fused-ring (bicyclic) bond motifs is 2. The summed E-state index contributed by atoms with van der Waals surface area (Å²) in [5.74, 6) is 0.801. The second kappa shape index (κ2) is 10.3. The maximum Gasteiger partial charge on any atom is 0.130 e. The summed E-state index contributed by atoms with van der Waals surface area (Å²) in [5.41, 5.74) is 7.42. The molecule has 0 saturated heterocycles. The number of aromatic nitrogens is 3. The van der Waals surface area contributed by atoms with Crippen molar-refractivity contribution < 1.29 is 4.74 Å². The molecule has 0 aliphatic rings. The molecule has 6 rings (SSSR count). The molecule has 37 heavy (non-hydrogen) atoms. The van der Waals surface area contributed by atoms with Crippen LogP contribution in [0.5, 0.6) is 5.75 Å². The molecule has 0 aliphatic heterocycles. The smallest absolute Gasteiger partial charge is 0.130 e. The van der Waals surface area contributed by atoms with Crippen LogP contribution in [-0.4, -0.2) is 15.0 Å². The molecule has 5 heteroatoms. The summed E-state index contributed by atoms with van der Waals surface area (Å²) in [5, 5.41) is 2.96. The van der Waals surface area contributed by atoms with E-state index in [0.717, 1.165) is 61.5 Å². The maximum absolute atomic E-state index is 6.18. The van der Waals surface area contributed by atoms with E-state index in [1.54, 1.807) is 6.20 Å². The van der Waals surface area contributed by atoms with E-state index >= 15 is 0 Å². The minimum Gasteiger partial charge on any atom is -0.487 e. The molecule has 180 valence electrons. The number of pyridine rings is 2. The Morgan fingerprint density at radius 1 is 0.865 bits per heavy atom. The zero-order valence-electron chi connectivity index (χ0n) is 20.1. The van der Waals surface area contributed by atoms with Gasteiger partial charge in [0.1, 0.15) is 12.4 Å². The van der Waals surface area contributed by atoms with Gasteiger partial charge < -0.3 is 9.72 Å². The SMILES string of the molecule is Clc1ccc(Cc2[nH]c3ccc(OCc4ccc5ccccc5n4)cc3c2C=Cc2cccnc2)cc1. The van der Waals surface area contributed by atoms with E-state index in [4.69, 9.17) is 21.3 Å². The summed E-state index contributed by atoms with van der Waals surface area (Å²) in [4.78, 5) is 12.6. The van der Waals surface area contributed by atoms with Gasteiger partial charge in [0.05, 0.1) is 11.2 Å². The first kappa shape index (κ1) is 23.0. The monoisotopic (exact) mass is 501 g/mol. The lowest BCUT2D eigenvalue weighted by molar-refractivity contribution is 0.302. The highest BCUT2D eigenvalue weighted by Gasteiger charge is 2.12. The van der Waals surface area contributed by atoms with Crippen LogP contribution in [0.2, 0.25) is 5.02 Å². The first-order chi connectivity index (χ1) is 18.2. The molecule has 4 nitrogen and oxygen atoms in total. The third-order valence-corrected chi connectivity index (χ3v) is 6.61. The van der Waals surface area contributed by atoms with E-state index in [-0.39, 0.29) is 0 Å². The van der Waals surface area contributed by atoms with E-state index < -0.39 is 0 Å². The lowest BCUT2D eigenvalue weighted by Gasteiger charge is -2.07. The van der Waals surface area contributed by atoms with Crippen LogP contribution in [0.1, 0.15) is 28.1 Å². The van der Waals surface area contributed by atoms with Crippen LogP contribution in [0.25, 0.3) is 34.0 Å². The van der Waals surface area contributed by atoms with Crippen molar-refractivity contribution in [3.8, 4) is 5.75 Å². The number of hydrogen-bond acceptors (Lipinski definition) is 3. The predicted octanol–water partition coefficient (Wildman–Crippen LogP) is 8.10. The lowest BCUT2D eigenvalue weighted by atomic mass is 10.0. The quantitative estimate of drug-likeness (QED) is 0.240. The van der Waals surface area contributed by atoms with Gasteiger partial charge >= 0.3 is 0 Å². The van der Waals surface area contributed by atoms with Crippen molar-refractivity contribution in [2.75, 3.05) is 0 Å². The van der Waals surface area contributed by atoms with Gasteiger partial charge in [0.2, 0.25) is 0 Å². The van der Waals surface area contributed by atoms with E-state index in [0.29, 0.717) is 6.61 Å². The number of halogens is 1. The van der Waals surface area contributed by atoms with E-state index in [1.807, 2.05) is 60.8 Å². The second-order valence-corrected chi connectivity index (χ2v) is 9.37. The van der Waals surface area contributed by atoms with Crippen LogP contribution in [0.15, 0.2) is 103 Å². The molecular formula is C32H24ClN3O. The normalized spacial score (nSPS) is 11.5. The number of ether oxygens (including phenoxy) is 1. The van der Waals surface area contributed by atoms with Crippen LogP contribution >= 0.6 is 11.6 Å². The highest BCUT2D eigenvalue weighted by atomic mass is 35.5. The number of benzene rings is 3. The van der Waals surface area contributed by atoms with Gasteiger partial charge in [-0.25, -0.2) is 4.98 Å². The molecule has 6 aromatic rings. The van der Waals surface area contributed by atoms with E-state index in [2.05, 4.69) is 58.5 Å². The lowest BCUT2D eigenvalue weighted by Crippen LogP contribution is -1.98. The molecule has 0 radical (unpaired) electrons. The number of hydrogen-bond donors (Lipinski definition) is 1. The Morgan fingerprint density at radius 3 is 2.62 bits per heavy atom. The van der Waals surface area contributed by atoms with E-state index in [9.17, 15) is 0 Å². The summed E-state index contributed by atoms with van der Waals surface area (Å²) in [6.07, 6.45) is 8.64. The van der Waals surface area contributed by atoms with Gasteiger partial charge in [0.15, 0.2) is 0 Å². The van der Waals surface area contributed by atoms with Crippen molar-refractivity contribution in [2.45, 2.75) is 13.0 Å². The Morgan fingerprint density at radius 2 is 1.76 bits per heavy atom. The minimum atomic E-state index is 0.402. The van der Waals surface area contributed by atoms with Gasteiger partial charge in [-0.1, -0.05) is 66.2 Å². The molecular weight excluding hydrogens is 478 g/mol. The Labute approximate surface area is 220 Å². The molecule has 0 atom stereocenters. The molecule has 0 unspecified atom stereocenters. The highest BCUT2D eigenvalue weighted by molar-refractivity contribution is 6.30. The topological polar surface area (TPSA) is 50.8 Å². The van der Waals surface area contributed by atoms with Crippen molar-refractivity contribution in [3.63, 3.8) is 0 Å². The standard InChI is InChI=1S/C32H24ClN3O/c33-25-11-7-22(8-12-25)18-32-28(15-9-23-4-3-17-34-20-23)29-19-27(14-16-31(29)36-32)37-21-26-13-10-24-5-1-2-6-30(24)35-26/h1-17,19-20,36H,18,21H2. The summed E-state index contributed by atoms with van der Waals surface area (Å²) in [7, 11) is 0. The minimum absolute atomic E-state index is 0.402. The number of H-pyrrole nitrogens is 1. The summed E-state index contributed by atoms with van der Waals surface area (Å²) in [6, 6.07) is 30.4.